The third kappa shape index (κ3) is 4.59. The molecule has 2 aliphatic rings. The van der Waals surface area contributed by atoms with Crippen molar-refractivity contribution in [2.75, 3.05) is 10.2 Å². The van der Waals surface area contributed by atoms with Gasteiger partial charge in [0, 0.05) is 24.3 Å². The Labute approximate surface area is 188 Å². The fourth-order valence-electron chi connectivity index (χ4n) is 4.54. The van der Waals surface area contributed by atoms with Gasteiger partial charge in [-0.2, -0.15) is 0 Å². The van der Waals surface area contributed by atoms with Gasteiger partial charge in [-0.05, 0) is 48.7 Å². The molecule has 1 saturated heterocycles. The summed E-state index contributed by atoms with van der Waals surface area (Å²) < 4.78 is 0. The molecule has 1 saturated carbocycles. The standard InChI is InChI=1S/C26H29N3O3/c1-19(30)27-22-12-14-23(15-13-22)29-24(31)18-26(29,17-16-20-8-4-2-5-9-20)25(32)28-21-10-6-3-7-11-21/h2,4-5,8-9,12-17,21H,3,6-7,10-11,18H2,1H3,(H,27,30)(H,28,32)/b17-16+/t26-/m0/s1. The molecule has 32 heavy (non-hydrogen) atoms. The number of hydrogen-bond donors (Lipinski definition) is 2. The maximum absolute atomic E-state index is 13.6. The first kappa shape index (κ1) is 21.8. The van der Waals surface area contributed by atoms with Gasteiger partial charge >= 0.3 is 0 Å². The summed E-state index contributed by atoms with van der Waals surface area (Å²) in [5, 5.41) is 5.94. The second-order valence-electron chi connectivity index (χ2n) is 8.61. The highest BCUT2D eigenvalue weighted by Crippen LogP contribution is 2.40. The summed E-state index contributed by atoms with van der Waals surface area (Å²) in [7, 11) is 0. The zero-order valence-electron chi connectivity index (χ0n) is 18.3. The van der Waals surface area contributed by atoms with Crippen molar-refractivity contribution in [3.05, 3.63) is 66.2 Å². The Morgan fingerprint density at radius 1 is 1.00 bits per heavy atom. The lowest BCUT2D eigenvalue weighted by Gasteiger charge is -2.49. The molecule has 1 atom stereocenters. The lowest BCUT2D eigenvalue weighted by molar-refractivity contribution is -0.137. The van der Waals surface area contributed by atoms with Gasteiger partial charge in [0.05, 0.1) is 6.42 Å². The first-order valence-corrected chi connectivity index (χ1v) is 11.2. The number of nitrogens with zero attached hydrogens (tertiary/aromatic N) is 1. The zero-order valence-corrected chi connectivity index (χ0v) is 18.3. The fraction of sp³-hybridized carbons (Fsp3) is 0.346. The summed E-state index contributed by atoms with van der Waals surface area (Å²) in [5.74, 6) is -0.402. The van der Waals surface area contributed by atoms with Crippen LogP contribution < -0.4 is 15.5 Å². The van der Waals surface area contributed by atoms with Crippen LogP contribution in [0.2, 0.25) is 0 Å². The Bertz CT molecular complexity index is 1010. The van der Waals surface area contributed by atoms with Crippen LogP contribution in [0.5, 0.6) is 0 Å². The number of benzene rings is 2. The van der Waals surface area contributed by atoms with Crippen LogP contribution in [0, 0.1) is 0 Å². The van der Waals surface area contributed by atoms with E-state index in [-0.39, 0.29) is 30.2 Å². The van der Waals surface area contributed by atoms with Gasteiger partial charge in [-0.3, -0.25) is 19.3 Å². The minimum absolute atomic E-state index is 0.103. The first-order valence-electron chi connectivity index (χ1n) is 11.2. The van der Waals surface area contributed by atoms with E-state index >= 15 is 0 Å². The number of rotatable bonds is 6. The molecule has 1 aliphatic carbocycles. The molecule has 2 N–H and O–H groups in total. The fourth-order valence-corrected chi connectivity index (χ4v) is 4.54. The van der Waals surface area contributed by atoms with Crippen LogP contribution in [-0.2, 0) is 14.4 Å². The Balaban J connectivity index is 1.64. The van der Waals surface area contributed by atoms with E-state index in [1.165, 1.54) is 13.3 Å². The van der Waals surface area contributed by atoms with E-state index in [0.717, 1.165) is 31.2 Å². The summed E-state index contributed by atoms with van der Waals surface area (Å²) in [6.45, 7) is 1.45. The number of carbonyl (C=O) groups excluding carboxylic acids is 3. The van der Waals surface area contributed by atoms with Crippen LogP contribution in [0.3, 0.4) is 0 Å². The van der Waals surface area contributed by atoms with E-state index in [0.29, 0.717) is 11.4 Å². The van der Waals surface area contributed by atoms with Crippen molar-refractivity contribution in [1.29, 1.82) is 0 Å². The number of anilines is 2. The van der Waals surface area contributed by atoms with Gasteiger partial charge < -0.3 is 10.6 Å². The second kappa shape index (κ2) is 9.39. The largest absolute Gasteiger partial charge is 0.351 e. The maximum Gasteiger partial charge on any atom is 0.251 e. The Hall–Kier alpha value is -3.41. The van der Waals surface area contributed by atoms with Crippen molar-refractivity contribution in [3.8, 4) is 0 Å². The summed E-state index contributed by atoms with van der Waals surface area (Å²) in [6, 6.07) is 16.9. The van der Waals surface area contributed by atoms with Crippen LogP contribution in [0.4, 0.5) is 11.4 Å². The van der Waals surface area contributed by atoms with E-state index in [1.807, 2.05) is 42.5 Å². The van der Waals surface area contributed by atoms with Gasteiger partial charge in [-0.1, -0.05) is 55.7 Å². The van der Waals surface area contributed by atoms with Crippen LogP contribution in [-0.4, -0.2) is 29.3 Å². The van der Waals surface area contributed by atoms with Crippen LogP contribution in [0.15, 0.2) is 60.7 Å². The predicted octanol–water partition coefficient (Wildman–Crippen LogP) is 4.28. The van der Waals surface area contributed by atoms with Crippen LogP contribution in [0.25, 0.3) is 6.08 Å². The highest BCUT2D eigenvalue weighted by Gasteiger charge is 2.55. The van der Waals surface area contributed by atoms with E-state index < -0.39 is 5.54 Å². The summed E-state index contributed by atoms with van der Waals surface area (Å²) in [5.41, 5.74) is 1.18. The van der Waals surface area contributed by atoms with E-state index in [1.54, 1.807) is 29.2 Å². The third-order valence-electron chi connectivity index (χ3n) is 6.20. The molecule has 2 aromatic rings. The zero-order chi connectivity index (χ0) is 22.6. The van der Waals surface area contributed by atoms with Crippen LogP contribution in [0.1, 0.15) is 51.0 Å². The molecule has 166 valence electrons. The lowest BCUT2D eigenvalue weighted by atomic mass is 9.80. The van der Waals surface area contributed by atoms with Crippen molar-refractivity contribution < 1.29 is 14.4 Å². The van der Waals surface area contributed by atoms with Gasteiger partial charge in [0.25, 0.3) is 5.91 Å². The Morgan fingerprint density at radius 3 is 2.31 bits per heavy atom. The van der Waals surface area contributed by atoms with Gasteiger partial charge in [0.15, 0.2) is 5.54 Å². The molecule has 1 heterocycles. The smallest absolute Gasteiger partial charge is 0.251 e. The highest BCUT2D eigenvalue weighted by atomic mass is 16.2. The molecule has 6 heteroatoms. The number of hydrogen-bond acceptors (Lipinski definition) is 3. The number of amides is 3. The topological polar surface area (TPSA) is 78.5 Å². The predicted molar refractivity (Wildman–Crippen MR) is 126 cm³/mol. The molecule has 0 aromatic heterocycles. The normalized spacial score (nSPS) is 21.3. The molecule has 0 radical (unpaired) electrons. The second-order valence-corrected chi connectivity index (χ2v) is 8.61. The molecule has 0 bridgehead atoms. The van der Waals surface area contributed by atoms with Crippen molar-refractivity contribution in [3.63, 3.8) is 0 Å². The SMILES string of the molecule is CC(=O)Nc1ccc(N2C(=O)C[C@@]2(/C=C/c2ccccc2)C(=O)NC2CCCCC2)cc1. The Morgan fingerprint density at radius 2 is 1.69 bits per heavy atom. The number of nitrogens with one attached hydrogen (secondary N) is 2. The molecule has 2 aromatic carbocycles. The first-order chi connectivity index (χ1) is 15.5. The number of β-lactam (4-membered cyclic amide) rings is 1. The van der Waals surface area contributed by atoms with E-state index in [4.69, 9.17) is 0 Å². The molecule has 4 rings (SSSR count). The molecule has 0 unspecified atom stereocenters. The van der Waals surface area contributed by atoms with Crippen LogP contribution >= 0.6 is 0 Å². The van der Waals surface area contributed by atoms with Gasteiger partial charge in [0.2, 0.25) is 11.8 Å². The summed E-state index contributed by atoms with van der Waals surface area (Å²) in [4.78, 5) is 39.2. The molecular formula is C26H29N3O3. The minimum Gasteiger partial charge on any atom is -0.351 e. The average Bonchev–Trinajstić information content (AvgIpc) is 2.78. The number of carbonyl (C=O) groups is 3. The molecule has 3 amide bonds. The molecule has 6 nitrogen and oxygen atoms in total. The molecule has 2 fully saturated rings. The average molecular weight is 432 g/mol. The van der Waals surface area contributed by atoms with E-state index in [9.17, 15) is 14.4 Å². The molecular weight excluding hydrogens is 402 g/mol. The monoisotopic (exact) mass is 431 g/mol. The Kier molecular flexibility index (Phi) is 6.40. The summed E-state index contributed by atoms with van der Waals surface area (Å²) >= 11 is 0. The van der Waals surface area contributed by atoms with Crippen molar-refractivity contribution in [1.82, 2.24) is 5.32 Å². The van der Waals surface area contributed by atoms with Gasteiger partial charge in [-0.15, -0.1) is 0 Å². The minimum atomic E-state index is -1.07. The maximum atomic E-state index is 13.6. The van der Waals surface area contributed by atoms with Crippen molar-refractivity contribution >= 4 is 35.2 Å². The quantitative estimate of drug-likeness (QED) is 0.670. The molecule has 0 spiro atoms. The lowest BCUT2D eigenvalue weighted by Crippen LogP contribution is -2.70. The summed E-state index contributed by atoms with van der Waals surface area (Å²) in [6.07, 6.45) is 9.28. The van der Waals surface area contributed by atoms with E-state index in [2.05, 4.69) is 10.6 Å². The highest BCUT2D eigenvalue weighted by molar-refractivity contribution is 6.15. The van der Waals surface area contributed by atoms with Crippen molar-refractivity contribution in [2.45, 2.75) is 57.0 Å². The molecule has 1 aliphatic heterocycles. The van der Waals surface area contributed by atoms with Gasteiger partial charge in [-0.25, -0.2) is 0 Å². The van der Waals surface area contributed by atoms with Crippen molar-refractivity contribution in [2.24, 2.45) is 0 Å². The third-order valence-corrected chi connectivity index (χ3v) is 6.20. The van der Waals surface area contributed by atoms with Gasteiger partial charge in [0.1, 0.15) is 0 Å².